The Kier molecular flexibility index (Phi) is 3.74. The van der Waals surface area contributed by atoms with E-state index in [2.05, 4.69) is 19.2 Å². The lowest BCUT2D eigenvalue weighted by Gasteiger charge is -2.28. The molecule has 17 heavy (non-hydrogen) atoms. The molecule has 0 aliphatic heterocycles. The van der Waals surface area contributed by atoms with Crippen molar-refractivity contribution in [2.45, 2.75) is 45.7 Å². The smallest absolute Gasteiger partial charge is 0.146 e. The van der Waals surface area contributed by atoms with Crippen LogP contribution in [0.1, 0.15) is 38.7 Å². The van der Waals surface area contributed by atoms with Crippen molar-refractivity contribution in [1.29, 1.82) is 0 Å². The van der Waals surface area contributed by atoms with Crippen LogP contribution in [0.3, 0.4) is 0 Å². The predicted octanol–water partition coefficient (Wildman–Crippen LogP) is 4.15. The molecular formula is C14H19ClFN. The molecule has 1 fully saturated rings. The summed E-state index contributed by atoms with van der Waals surface area (Å²) < 4.78 is 13.7. The Hall–Kier alpha value is -0.600. The van der Waals surface area contributed by atoms with Crippen molar-refractivity contribution in [3.05, 3.63) is 34.6 Å². The van der Waals surface area contributed by atoms with Gasteiger partial charge in [0.15, 0.2) is 0 Å². The van der Waals surface area contributed by atoms with Crippen LogP contribution >= 0.6 is 11.6 Å². The molecule has 1 aromatic rings. The van der Waals surface area contributed by atoms with E-state index in [0.717, 1.165) is 0 Å². The molecular weight excluding hydrogens is 237 g/mol. The summed E-state index contributed by atoms with van der Waals surface area (Å²) in [6, 6.07) is 5.64. The van der Waals surface area contributed by atoms with Crippen molar-refractivity contribution in [3.63, 3.8) is 0 Å². The molecule has 0 heterocycles. The fraction of sp³-hybridized carbons (Fsp3) is 0.571. The highest BCUT2D eigenvalue weighted by Gasteiger charge is 2.33. The summed E-state index contributed by atoms with van der Waals surface area (Å²) in [4.78, 5) is 0. The van der Waals surface area contributed by atoms with Crippen LogP contribution in [0.2, 0.25) is 5.02 Å². The Morgan fingerprint density at radius 2 is 2.24 bits per heavy atom. The minimum atomic E-state index is -0.294. The highest BCUT2D eigenvalue weighted by Crippen LogP contribution is 2.37. The zero-order chi connectivity index (χ0) is 12.5. The fourth-order valence-corrected chi connectivity index (χ4v) is 2.82. The molecule has 0 saturated heterocycles. The molecule has 1 aliphatic rings. The Balaban J connectivity index is 2.01. The molecule has 1 saturated carbocycles. The third-order valence-corrected chi connectivity index (χ3v) is 4.12. The quantitative estimate of drug-likeness (QED) is 0.856. The number of benzene rings is 1. The second kappa shape index (κ2) is 4.95. The van der Waals surface area contributed by atoms with Gasteiger partial charge in [-0.25, -0.2) is 4.39 Å². The van der Waals surface area contributed by atoms with Crippen LogP contribution < -0.4 is 5.32 Å². The Bertz CT molecular complexity index is 403. The van der Waals surface area contributed by atoms with E-state index in [1.807, 2.05) is 0 Å². The van der Waals surface area contributed by atoms with E-state index in [1.165, 1.54) is 19.3 Å². The molecule has 1 aromatic carbocycles. The molecule has 1 aliphatic carbocycles. The Morgan fingerprint density at radius 1 is 1.47 bits per heavy atom. The van der Waals surface area contributed by atoms with Gasteiger partial charge in [0.2, 0.25) is 0 Å². The molecule has 1 nitrogen and oxygen atoms in total. The minimum absolute atomic E-state index is 0.204. The van der Waals surface area contributed by atoms with Crippen molar-refractivity contribution in [2.75, 3.05) is 0 Å². The van der Waals surface area contributed by atoms with E-state index < -0.39 is 0 Å². The number of halogens is 2. The lowest BCUT2D eigenvalue weighted by Crippen LogP contribution is -2.37. The molecule has 0 radical (unpaired) electrons. The van der Waals surface area contributed by atoms with E-state index in [1.54, 1.807) is 18.2 Å². The maximum atomic E-state index is 13.7. The second-order valence-corrected chi connectivity index (χ2v) is 5.93. The van der Waals surface area contributed by atoms with Crippen LogP contribution in [0.15, 0.2) is 18.2 Å². The Morgan fingerprint density at radius 3 is 2.88 bits per heavy atom. The van der Waals surface area contributed by atoms with Crippen LogP contribution in [0, 0.1) is 11.2 Å². The van der Waals surface area contributed by atoms with Crippen LogP contribution in [0.25, 0.3) is 0 Å². The van der Waals surface area contributed by atoms with Gasteiger partial charge >= 0.3 is 0 Å². The van der Waals surface area contributed by atoms with E-state index >= 15 is 0 Å². The average Bonchev–Trinajstić information content (AvgIpc) is 2.60. The SMILES string of the molecule is CC1(C)CCCC1NCc1cccc(Cl)c1F. The van der Waals surface area contributed by atoms with Crippen LogP contribution in [0.5, 0.6) is 0 Å². The van der Waals surface area contributed by atoms with Gasteiger partial charge in [0, 0.05) is 18.2 Å². The van der Waals surface area contributed by atoms with Crippen molar-refractivity contribution in [3.8, 4) is 0 Å². The molecule has 2 rings (SSSR count). The van der Waals surface area contributed by atoms with E-state index in [9.17, 15) is 4.39 Å². The van der Waals surface area contributed by atoms with Gasteiger partial charge in [-0.2, -0.15) is 0 Å². The lowest BCUT2D eigenvalue weighted by atomic mass is 9.87. The predicted molar refractivity (Wildman–Crippen MR) is 69.7 cm³/mol. The molecule has 3 heteroatoms. The van der Waals surface area contributed by atoms with Gasteiger partial charge in [0.05, 0.1) is 5.02 Å². The zero-order valence-corrected chi connectivity index (χ0v) is 11.1. The van der Waals surface area contributed by atoms with Crippen molar-refractivity contribution in [1.82, 2.24) is 5.32 Å². The number of rotatable bonds is 3. The van der Waals surface area contributed by atoms with Crippen LogP contribution in [0.4, 0.5) is 4.39 Å². The van der Waals surface area contributed by atoms with Crippen molar-refractivity contribution in [2.24, 2.45) is 5.41 Å². The van der Waals surface area contributed by atoms with E-state index in [-0.39, 0.29) is 10.8 Å². The van der Waals surface area contributed by atoms with Crippen LogP contribution in [-0.2, 0) is 6.54 Å². The topological polar surface area (TPSA) is 12.0 Å². The summed E-state index contributed by atoms with van der Waals surface area (Å²) in [5.74, 6) is -0.294. The molecule has 1 atom stereocenters. The highest BCUT2D eigenvalue weighted by molar-refractivity contribution is 6.30. The van der Waals surface area contributed by atoms with E-state index in [4.69, 9.17) is 11.6 Å². The fourth-order valence-electron chi connectivity index (χ4n) is 2.62. The summed E-state index contributed by atoms with van der Waals surface area (Å²) in [6.07, 6.45) is 3.67. The second-order valence-electron chi connectivity index (χ2n) is 5.53. The minimum Gasteiger partial charge on any atom is -0.309 e. The number of hydrogen-bond acceptors (Lipinski definition) is 1. The average molecular weight is 256 g/mol. The molecule has 0 amide bonds. The highest BCUT2D eigenvalue weighted by atomic mass is 35.5. The first kappa shape index (κ1) is 12.8. The van der Waals surface area contributed by atoms with Gasteiger partial charge in [-0.1, -0.05) is 44.0 Å². The summed E-state index contributed by atoms with van der Waals surface area (Å²) in [7, 11) is 0. The third-order valence-electron chi connectivity index (χ3n) is 3.83. The molecule has 0 spiro atoms. The maximum Gasteiger partial charge on any atom is 0.146 e. The van der Waals surface area contributed by atoms with Crippen molar-refractivity contribution >= 4 is 11.6 Å². The number of hydrogen-bond donors (Lipinski definition) is 1. The van der Waals surface area contributed by atoms with Gasteiger partial charge in [-0.15, -0.1) is 0 Å². The standard InChI is InChI=1S/C14H19ClFN/c1-14(2)8-4-7-12(14)17-9-10-5-3-6-11(15)13(10)16/h3,5-6,12,17H,4,7-9H2,1-2H3. The molecule has 94 valence electrons. The molecule has 0 bridgehead atoms. The third kappa shape index (κ3) is 2.80. The van der Waals surface area contributed by atoms with Gasteiger partial charge < -0.3 is 5.32 Å². The Labute approximate surface area is 107 Å². The summed E-state index contributed by atoms with van der Waals surface area (Å²) in [6.45, 7) is 5.10. The molecule has 1 N–H and O–H groups in total. The van der Waals surface area contributed by atoms with Crippen molar-refractivity contribution < 1.29 is 4.39 Å². The first-order valence-corrected chi connectivity index (χ1v) is 6.55. The van der Waals surface area contributed by atoms with Crippen LogP contribution in [-0.4, -0.2) is 6.04 Å². The first-order valence-electron chi connectivity index (χ1n) is 6.17. The molecule has 1 unspecified atom stereocenters. The monoisotopic (exact) mass is 255 g/mol. The van der Waals surface area contributed by atoms with E-state index in [0.29, 0.717) is 23.6 Å². The van der Waals surface area contributed by atoms with Gasteiger partial charge in [0.25, 0.3) is 0 Å². The van der Waals surface area contributed by atoms with Gasteiger partial charge in [0.1, 0.15) is 5.82 Å². The summed E-state index contributed by atoms with van der Waals surface area (Å²) >= 11 is 5.76. The normalized spacial score (nSPS) is 22.9. The number of nitrogens with one attached hydrogen (secondary N) is 1. The maximum absolute atomic E-state index is 13.7. The van der Waals surface area contributed by atoms with Gasteiger partial charge in [-0.05, 0) is 24.3 Å². The zero-order valence-electron chi connectivity index (χ0n) is 10.4. The largest absolute Gasteiger partial charge is 0.309 e. The summed E-state index contributed by atoms with van der Waals surface area (Å²) in [5, 5.41) is 3.66. The summed E-state index contributed by atoms with van der Waals surface area (Å²) in [5.41, 5.74) is 0.967. The lowest BCUT2D eigenvalue weighted by molar-refractivity contribution is 0.281. The van der Waals surface area contributed by atoms with Gasteiger partial charge in [-0.3, -0.25) is 0 Å². The first-order chi connectivity index (χ1) is 8.00. The molecule has 0 aromatic heterocycles.